The molecule has 0 atom stereocenters. The smallest absolute Gasteiger partial charge is 0.330 e. The van der Waals surface area contributed by atoms with E-state index in [2.05, 4.69) is 9.72 Å². The van der Waals surface area contributed by atoms with E-state index in [4.69, 9.17) is 4.74 Å². The Morgan fingerprint density at radius 2 is 2.10 bits per heavy atom. The van der Waals surface area contributed by atoms with Crippen LogP contribution in [0.4, 0.5) is 0 Å². The van der Waals surface area contributed by atoms with Gasteiger partial charge in [-0.1, -0.05) is 12.1 Å². The average molecular weight is 303 g/mol. The minimum atomic E-state index is -0.366. The van der Waals surface area contributed by atoms with Gasteiger partial charge in [0.15, 0.2) is 0 Å². The quantitative estimate of drug-likeness (QED) is 0.638. The average Bonchev–Trinajstić information content (AvgIpc) is 2.89. The van der Waals surface area contributed by atoms with Crippen LogP contribution in [0.5, 0.6) is 5.75 Å². The first kappa shape index (κ1) is 15.3. The molecule has 0 aliphatic carbocycles. The highest BCUT2D eigenvalue weighted by atomic mass is 32.1. The van der Waals surface area contributed by atoms with Gasteiger partial charge in [0.05, 0.1) is 29.8 Å². The van der Waals surface area contributed by atoms with Gasteiger partial charge in [0.2, 0.25) is 0 Å². The van der Waals surface area contributed by atoms with Crippen molar-refractivity contribution in [1.82, 2.24) is 4.98 Å². The van der Waals surface area contributed by atoms with Crippen LogP contribution in [0.25, 0.3) is 16.8 Å². The maximum atomic E-state index is 11.4. The van der Waals surface area contributed by atoms with Crippen LogP contribution >= 0.6 is 11.3 Å². The number of esters is 1. The number of thiazole rings is 1. The van der Waals surface area contributed by atoms with Gasteiger partial charge in [-0.15, -0.1) is 11.3 Å². The molecule has 0 bridgehead atoms. The first-order valence-corrected chi connectivity index (χ1v) is 7.25. The van der Waals surface area contributed by atoms with Gasteiger partial charge in [-0.2, -0.15) is 0 Å². The van der Waals surface area contributed by atoms with E-state index >= 15 is 0 Å². The van der Waals surface area contributed by atoms with Crippen LogP contribution in [0.1, 0.15) is 16.8 Å². The van der Waals surface area contributed by atoms with Gasteiger partial charge in [-0.25, -0.2) is 9.78 Å². The predicted molar refractivity (Wildman–Crippen MR) is 84.5 cm³/mol. The topological polar surface area (TPSA) is 48.4 Å². The highest BCUT2D eigenvalue weighted by Crippen LogP contribution is 2.34. The van der Waals surface area contributed by atoms with Gasteiger partial charge < -0.3 is 9.47 Å². The molecular weight excluding hydrogens is 286 g/mol. The fourth-order valence-corrected chi connectivity index (χ4v) is 2.87. The van der Waals surface area contributed by atoms with Crippen LogP contribution in [0.3, 0.4) is 0 Å². The lowest BCUT2D eigenvalue weighted by Crippen LogP contribution is -1.95. The third-order valence-electron chi connectivity index (χ3n) is 2.97. The number of carbonyl (C=O) groups is 1. The van der Waals surface area contributed by atoms with E-state index in [0.717, 1.165) is 32.5 Å². The zero-order valence-electron chi connectivity index (χ0n) is 12.5. The number of benzene rings is 1. The van der Waals surface area contributed by atoms with Crippen molar-refractivity contribution in [2.45, 2.75) is 13.8 Å². The van der Waals surface area contributed by atoms with E-state index in [0.29, 0.717) is 0 Å². The Morgan fingerprint density at radius 1 is 1.33 bits per heavy atom. The summed E-state index contributed by atoms with van der Waals surface area (Å²) in [7, 11) is 3.00. The fourth-order valence-electron chi connectivity index (χ4n) is 1.96. The van der Waals surface area contributed by atoms with Crippen LogP contribution < -0.4 is 4.74 Å². The normalized spacial score (nSPS) is 11.3. The summed E-state index contributed by atoms with van der Waals surface area (Å²) >= 11 is 1.56. The van der Waals surface area contributed by atoms with Crippen LogP contribution in [0.2, 0.25) is 0 Å². The van der Waals surface area contributed by atoms with E-state index in [9.17, 15) is 4.79 Å². The number of allylic oxidation sites excluding steroid dienone is 1. The van der Waals surface area contributed by atoms with E-state index in [1.165, 1.54) is 13.2 Å². The van der Waals surface area contributed by atoms with Crippen LogP contribution in [0, 0.1) is 6.92 Å². The summed E-state index contributed by atoms with van der Waals surface area (Å²) in [5, 5.41) is 0.945. The fraction of sp³-hybridized carbons (Fsp3) is 0.250. The SMILES string of the molecule is COC(=O)/C=C(\C)c1sc(C)nc1-c1cccc(OC)c1. The lowest BCUT2D eigenvalue weighted by molar-refractivity contribution is -0.134. The second-order valence-corrected chi connectivity index (χ2v) is 5.70. The van der Waals surface area contributed by atoms with Gasteiger partial charge in [0.1, 0.15) is 5.75 Å². The number of methoxy groups -OCH3 is 2. The Morgan fingerprint density at radius 3 is 2.76 bits per heavy atom. The molecule has 2 aromatic rings. The molecule has 21 heavy (non-hydrogen) atoms. The van der Waals surface area contributed by atoms with E-state index < -0.39 is 0 Å². The van der Waals surface area contributed by atoms with Gasteiger partial charge in [0, 0.05) is 11.6 Å². The number of hydrogen-bond acceptors (Lipinski definition) is 5. The molecule has 2 rings (SSSR count). The predicted octanol–water partition coefficient (Wildman–Crippen LogP) is 3.70. The Kier molecular flexibility index (Phi) is 4.75. The number of rotatable bonds is 4. The molecule has 0 unspecified atom stereocenters. The summed E-state index contributed by atoms with van der Waals surface area (Å²) in [5.41, 5.74) is 2.66. The van der Waals surface area contributed by atoms with Gasteiger partial charge in [-0.05, 0) is 31.6 Å². The summed E-state index contributed by atoms with van der Waals surface area (Å²) < 4.78 is 9.93. The molecule has 110 valence electrons. The van der Waals surface area contributed by atoms with Gasteiger partial charge in [-0.3, -0.25) is 0 Å². The van der Waals surface area contributed by atoms with E-state index in [1.54, 1.807) is 18.4 Å². The molecule has 0 fully saturated rings. The summed E-state index contributed by atoms with van der Waals surface area (Å²) in [6, 6.07) is 7.72. The molecule has 0 aliphatic heterocycles. The van der Waals surface area contributed by atoms with Gasteiger partial charge >= 0.3 is 5.97 Å². The highest BCUT2D eigenvalue weighted by Gasteiger charge is 2.14. The molecule has 0 spiro atoms. The lowest BCUT2D eigenvalue weighted by atomic mass is 10.1. The summed E-state index contributed by atoms with van der Waals surface area (Å²) in [5.74, 6) is 0.411. The number of aryl methyl sites for hydroxylation is 1. The largest absolute Gasteiger partial charge is 0.497 e. The van der Waals surface area contributed by atoms with Crippen molar-refractivity contribution in [3.05, 3.63) is 40.2 Å². The van der Waals surface area contributed by atoms with Crippen molar-refractivity contribution in [2.75, 3.05) is 14.2 Å². The van der Waals surface area contributed by atoms with Crippen molar-refractivity contribution in [3.8, 4) is 17.0 Å². The number of aromatic nitrogens is 1. The van der Waals surface area contributed by atoms with Crippen molar-refractivity contribution < 1.29 is 14.3 Å². The zero-order chi connectivity index (χ0) is 15.4. The molecule has 0 aliphatic rings. The molecule has 1 aromatic heterocycles. The highest BCUT2D eigenvalue weighted by molar-refractivity contribution is 7.13. The van der Waals surface area contributed by atoms with Crippen molar-refractivity contribution in [1.29, 1.82) is 0 Å². The third kappa shape index (κ3) is 3.49. The molecule has 4 nitrogen and oxygen atoms in total. The van der Waals surface area contributed by atoms with Crippen molar-refractivity contribution in [2.24, 2.45) is 0 Å². The molecule has 0 amide bonds. The van der Waals surface area contributed by atoms with Crippen molar-refractivity contribution in [3.63, 3.8) is 0 Å². The van der Waals surface area contributed by atoms with Crippen LogP contribution in [0.15, 0.2) is 30.3 Å². The molecule has 1 heterocycles. The van der Waals surface area contributed by atoms with Crippen molar-refractivity contribution >= 4 is 22.9 Å². The monoisotopic (exact) mass is 303 g/mol. The minimum Gasteiger partial charge on any atom is -0.497 e. The second-order valence-electron chi connectivity index (χ2n) is 4.49. The molecule has 1 aromatic carbocycles. The molecule has 0 saturated carbocycles. The summed E-state index contributed by atoms with van der Waals surface area (Å²) in [4.78, 5) is 17.0. The molecular formula is C16H17NO3S. The number of carbonyl (C=O) groups excluding carboxylic acids is 1. The standard InChI is InChI=1S/C16H17NO3S/c1-10(8-14(18)20-4)16-15(17-11(2)21-16)12-6-5-7-13(9-12)19-3/h5-9H,1-4H3/b10-8+. The molecule has 0 saturated heterocycles. The molecule has 0 radical (unpaired) electrons. The van der Waals surface area contributed by atoms with Gasteiger partial charge in [0.25, 0.3) is 0 Å². The van der Waals surface area contributed by atoms with E-state index in [1.807, 2.05) is 38.1 Å². The molecule has 0 N–H and O–H groups in total. The first-order valence-electron chi connectivity index (χ1n) is 6.43. The summed E-state index contributed by atoms with van der Waals surface area (Å²) in [6.07, 6.45) is 1.48. The maximum absolute atomic E-state index is 11.4. The number of nitrogens with zero attached hydrogens (tertiary/aromatic N) is 1. The maximum Gasteiger partial charge on any atom is 0.330 e. The van der Waals surface area contributed by atoms with Crippen LogP contribution in [-0.2, 0) is 9.53 Å². The zero-order valence-corrected chi connectivity index (χ0v) is 13.3. The summed E-state index contributed by atoms with van der Waals surface area (Å²) in [6.45, 7) is 3.83. The Bertz CT molecular complexity index is 689. The molecule has 5 heteroatoms. The first-order chi connectivity index (χ1) is 10.0. The van der Waals surface area contributed by atoms with E-state index in [-0.39, 0.29) is 5.97 Å². The van der Waals surface area contributed by atoms with Crippen LogP contribution in [-0.4, -0.2) is 25.2 Å². The Balaban J connectivity index is 2.50. The number of ether oxygens (including phenoxy) is 2. The Hall–Kier alpha value is -2.14. The lowest BCUT2D eigenvalue weighted by Gasteiger charge is -2.05. The number of hydrogen-bond donors (Lipinski definition) is 0. The Labute approximate surface area is 128 Å². The second kappa shape index (κ2) is 6.54. The minimum absolute atomic E-state index is 0.366. The third-order valence-corrected chi connectivity index (χ3v) is 4.08.